The van der Waals surface area contributed by atoms with Gasteiger partial charge < -0.3 is 9.73 Å². The minimum Gasteiger partial charge on any atom is -0.468 e. The number of hydrogen-bond acceptors (Lipinski definition) is 5. The maximum absolute atomic E-state index is 12.5. The highest BCUT2D eigenvalue weighted by Gasteiger charge is 2.26. The molecule has 4 heterocycles. The molecule has 3 aromatic rings. The summed E-state index contributed by atoms with van der Waals surface area (Å²) >= 11 is 0. The SMILES string of the molecule is O=C(NCc1cn2cccnc2n1)[C@@H]1CCCN(Cc2ccco2)C1. The number of piperidine rings is 1. The number of carbonyl (C=O) groups excluding carboxylic acids is 1. The molecule has 0 saturated carbocycles. The number of amides is 1. The predicted molar refractivity (Wildman–Crippen MR) is 91.5 cm³/mol. The van der Waals surface area contributed by atoms with E-state index < -0.39 is 0 Å². The molecule has 7 heteroatoms. The second-order valence-corrected chi connectivity index (χ2v) is 6.43. The van der Waals surface area contributed by atoms with Gasteiger partial charge in [0.05, 0.1) is 31.0 Å². The molecule has 1 N–H and O–H groups in total. The first-order valence-corrected chi connectivity index (χ1v) is 8.59. The molecule has 1 amide bonds. The van der Waals surface area contributed by atoms with E-state index >= 15 is 0 Å². The van der Waals surface area contributed by atoms with Gasteiger partial charge in [-0.2, -0.15) is 0 Å². The fraction of sp³-hybridized carbons (Fsp3) is 0.389. The molecule has 0 aliphatic carbocycles. The standard InChI is InChI=1S/C18H21N5O2/c24-17(20-10-15-12-23-8-3-6-19-18(23)21-15)14-4-1-7-22(11-14)13-16-5-2-9-25-16/h2-3,5-6,8-9,12,14H,1,4,7,10-11,13H2,(H,20,24)/t14-/m1/s1. The van der Waals surface area contributed by atoms with E-state index in [1.807, 2.05) is 35.0 Å². The quantitative estimate of drug-likeness (QED) is 0.768. The Hall–Kier alpha value is -2.67. The van der Waals surface area contributed by atoms with E-state index in [4.69, 9.17) is 4.42 Å². The van der Waals surface area contributed by atoms with Gasteiger partial charge in [-0.15, -0.1) is 0 Å². The van der Waals surface area contributed by atoms with Crippen LogP contribution in [0, 0.1) is 5.92 Å². The Morgan fingerprint density at radius 1 is 1.40 bits per heavy atom. The number of hydrogen-bond donors (Lipinski definition) is 1. The first-order valence-electron chi connectivity index (χ1n) is 8.59. The van der Waals surface area contributed by atoms with Gasteiger partial charge in [0.1, 0.15) is 5.76 Å². The molecule has 7 nitrogen and oxygen atoms in total. The number of imidazole rings is 1. The third-order valence-corrected chi connectivity index (χ3v) is 4.56. The van der Waals surface area contributed by atoms with Gasteiger partial charge in [0.2, 0.25) is 11.7 Å². The normalized spacial score (nSPS) is 18.5. The zero-order valence-electron chi connectivity index (χ0n) is 14.0. The molecule has 0 aromatic carbocycles. The summed E-state index contributed by atoms with van der Waals surface area (Å²) in [5, 5.41) is 3.02. The van der Waals surface area contributed by atoms with Gasteiger partial charge in [0.15, 0.2) is 0 Å². The van der Waals surface area contributed by atoms with Crippen LogP contribution in [-0.2, 0) is 17.9 Å². The highest BCUT2D eigenvalue weighted by molar-refractivity contribution is 5.78. The zero-order chi connectivity index (χ0) is 17.1. The highest BCUT2D eigenvalue weighted by atomic mass is 16.3. The maximum atomic E-state index is 12.5. The molecule has 1 aliphatic heterocycles. The minimum absolute atomic E-state index is 0.0128. The van der Waals surface area contributed by atoms with E-state index in [1.54, 1.807) is 12.5 Å². The van der Waals surface area contributed by atoms with E-state index in [0.717, 1.165) is 43.9 Å². The molecule has 130 valence electrons. The van der Waals surface area contributed by atoms with Gasteiger partial charge in [0, 0.05) is 25.1 Å². The van der Waals surface area contributed by atoms with Crippen molar-refractivity contribution in [3.63, 3.8) is 0 Å². The fourth-order valence-corrected chi connectivity index (χ4v) is 3.32. The average molecular weight is 339 g/mol. The van der Waals surface area contributed by atoms with Crippen molar-refractivity contribution in [3.8, 4) is 0 Å². The number of nitrogens with one attached hydrogen (secondary N) is 1. The summed E-state index contributed by atoms with van der Waals surface area (Å²) in [6.07, 6.45) is 9.14. The molecule has 1 saturated heterocycles. The van der Waals surface area contributed by atoms with Gasteiger partial charge >= 0.3 is 0 Å². The van der Waals surface area contributed by atoms with E-state index in [2.05, 4.69) is 20.2 Å². The Bertz CT molecular complexity index is 809. The lowest BCUT2D eigenvalue weighted by molar-refractivity contribution is -0.127. The Labute approximate surface area is 145 Å². The lowest BCUT2D eigenvalue weighted by Crippen LogP contribution is -2.42. The van der Waals surface area contributed by atoms with Gasteiger partial charge in [-0.1, -0.05) is 0 Å². The number of aromatic nitrogens is 3. The first-order chi connectivity index (χ1) is 12.3. The van der Waals surface area contributed by atoms with Gasteiger partial charge in [0.25, 0.3) is 0 Å². The molecule has 0 spiro atoms. The van der Waals surface area contributed by atoms with Crippen LogP contribution in [0.4, 0.5) is 0 Å². The van der Waals surface area contributed by atoms with E-state index in [0.29, 0.717) is 12.3 Å². The molecule has 0 unspecified atom stereocenters. The topological polar surface area (TPSA) is 75.7 Å². The number of nitrogens with zero attached hydrogens (tertiary/aromatic N) is 4. The number of carbonyl (C=O) groups is 1. The molecule has 1 aliphatic rings. The zero-order valence-corrected chi connectivity index (χ0v) is 14.0. The number of likely N-dealkylation sites (tertiary alicyclic amines) is 1. The van der Waals surface area contributed by atoms with Gasteiger partial charge in [-0.3, -0.25) is 14.1 Å². The third-order valence-electron chi connectivity index (χ3n) is 4.56. The summed E-state index contributed by atoms with van der Waals surface area (Å²) in [4.78, 5) is 23.4. The van der Waals surface area contributed by atoms with Gasteiger partial charge in [-0.05, 0) is 37.6 Å². The second kappa shape index (κ2) is 7.06. The van der Waals surface area contributed by atoms with Crippen LogP contribution in [0.15, 0.2) is 47.5 Å². The van der Waals surface area contributed by atoms with E-state index in [-0.39, 0.29) is 11.8 Å². The Morgan fingerprint density at radius 2 is 2.36 bits per heavy atom. The molecule has 4 rings (SSSR count). The second-order valence-electron chi connectivity index (χ2n) is 6.43. The molecule has 25 heavy (non-hydrogen) atoms. The highest BCUT2D eigenvalue weighted by Crippen LogP contribution is 2.19. The molecule has 1 fully saturated rings. The summed E-state index contributed by atoms with van der Waals surface area (Å²) in [7, 11) is 0. The Morgan fingerprint density at radius 3 is 3.20 bits per heavy atom. The largest absolute Gasteiger partial charge is 0.468 e. The molecular weight excluding hydrogens is 318 g/mol. The van der Waals surface area contributed by atoms with Crippen LogP contribution in [-0.4, -0.2) is 38.3 Å². The van der Waals surface area contributed by atoms with Crippen LogP contribution in [0.1, 0.15) is 24.3 Å². The fourth-order valence-electron chi connectivity index (χ4n) is 3.32. The maximum Gasteiger partial charge on any atom is 0.233 e. The Balaban J connectivity index is 1.32. The molecule has 0 bridgehead atoms. The monoisotopic (exact) mass is 339 g/mol. The van der Waals surface area contributed by atoms with Crippen molar-refractivity contribution in [3.05, 3.63) is 54.5 Å². The van der Waals surface area contributed by atoms with Crippen LogP contribution in [0.25, 0.3) is 5.78 Å². The van der Waals surface area contributed by atoms with E-state index in [1.165, 1.54) is 0 Å². The van der Waals surface area contributed by atoms with Crippen molar-refractivity contribution in [2.45, 2.75) is 25.9 Å². The van der Waals surface area contributed by atoms with Crippen molar-refractivity contribution in [2.75, 3.05) is 13.1 Å². The van der Waals surface area contributed by atoms with Crippen molar-refractivity contribution in [2.24, 2.45) is 5.92 Å². The Kier molecular flexibility index (Phi) is 4.47. The molecular formula is C18H21N5O2. The van der Waals surface area contributed by atoms with Crippen molar-refractivity contribution in [1.29, 1.82) is 0 Å². The summed E-state index contributed by atoms with van der Waals surface area (Å²) in [5.74, 6) is 1.69. The molecule has 3 aromatic heterocycles. The van der Waals surface area contributed by atoms with Crippen LogP contribution in [0.2, 0.25) is 0 Å². The summed E-state index contributed by atoms with van der Waals surface area (Å²) in [6.45, 7) is 2.95. The average Bonchev–Trinajstić information content (AvgIpc) is 3.29. The number of rotatable bonds is 5. The van der Waals surface area contributed by atoms with Crippen molar-refractivity contribution >= 4 is 11.7 Å². The molecule has 1 atom stereocenters. The van der Waals surface area contributed by atoms with Crippen LogP contribution >= 0.6 is 0 Å². The van der Waals surface area contributed by atoms with Crippen LogP contribution in [0.3, 0.4) is 0 Å². The summed E-state index contributed by atoms with van der Waals surface area (Å²) < 4.78 is 7.26. The lowest BCUT2D eigenvalue weighted by Gasteiger charge is -2.31. The third kappa shape index (κ3) is 3.71. The van der Waals surface area contributed by atoms with Gasteiger partial charge in [-0.25, -0.2) is 9.97 Å². The summed E-state index contributed by atoms with van der Waals surface area (Å²) in [5.41, 5.74) is 0.815. The lowest BCUT2D eigenvalue weighted by atomic mass is 9.97. The smallest absolute Gasteiger partial charge is 0.233 e. The first kappa shape index (κ1) is 15.8. The predicted octanol–water partition coefficient (Wildman–Crippen LogP) is 1.85. The minimum atomic E-state index is 0.0128. The van der Waals surface area contributed by atoms with Crippen molar-refractivity contribution < 1.29 is 9.21 Å². The van der Waals surface area contributed by atoms with Crippen molar-refractivity contribution in [1.82, 2.24) is 24.6 Å². The van der Waals surface area contributed by atoms with Crippen LogP contribution < -0.4 is 5.32 Å². The summed E-state index contributed by atoms with van der Waals surface area (Å²) in [6, 6.07) is 5.72. The number of furan rings is 1. The number of fused-ring (bicyclic) bond motifs is 1. The van der Waals surface area contributed by atoms with Crippen LogP contribution in [0.5, 0.6) is 0 Å². The van der Waals surface area contributed by atoms with E-state index in [9.17, 15) is 4.79 Å². The molecule has 0 radical (unpaired) electrons.